The topological polar surface area (TPSA) is 8.29 Å². The Kier molecular flexibility index (Phi) is 2.98. The third kappa shape index (κ3) is 1.85. The van der Waals surface area contributed by atoms with Crippen LogP contribution in [0.3, 0.4) is 0 Å². The molecule has 0 atom stereocenters. The second-order valence-corrected chi connectivity index (χ2v) is 7.89. The highest BCUT2D eigenvalue weighted by Gasteiger charge is 2.26. The number of para-hydroxylation sites is 2. The maximum Gasteiger partial charge on any atom is 0.237 e. The molecular weight excluding hydrogens is 340 g/mol. The van der Waals surface area contributed by atoms with Crippen LogP contribution in [-0.2, 0) is 7.05 Å². The van der Waals surface area contributed by atoms with Crippen molar-refractivity contribution in [3.8, 4) is 11.4 Å². The van der Waals surface area contributed by atoms with Gasteiger partial charge in [0, 0.05) is 22.2 Å². The van der Waals surface area contributed by atoms with Gasteiger partial charge in [-0.1, -0.05) is 54.1 Å². The molecule has 2 heteroatoms. The smallest absolute Gasteiger partial charge is 0.237 e. The standard InChI is InChI=1S/C26H21N2/c1-16-11-12-18-13-14-27(3)26(22(18)15-16)24-17(2)19-8-6-9-21-20-7-4-5-10-23(20)28(24)25(19)21/h4-15H,1-3H3/q+1. The fourth-order valence-electron chi connectivity index (χ4n) is 4.90. The Hall–Kier alpha value is -3.39. The molecule has 0 N–H and O–H groups in total. The van der Waals surface area contributed by atoms with Crippen LogP contribution in [0, 0.1) is 13.8 Å². The van der Waals surface area contributed by atoms with Gasteiger partial charge in [-0.05, 0) is 36.9 Å². The van der Waals surface area contributed by atoms with Crippen molar-refractivity contribution >= 4 is 38.0 Å². The van der Waals surface area contributed by atoms with Crippen LogP contribution in [0.1, 0.15) is 11.1 Å². The lowest BCUT2D eigenvalue weighted by molar-refractivity contribution is -0.659. The van der Waals surface area contributed by atoms with E-state index >= 15 is 0 Å². The van der Waals surface area contributed by atoms with Crippen molar-refractivity contribution in [2.75, 3.05) is 0 Å². The highest BCUT2D eigenvalue weighted by Crippen LogP contribution is 2.41. The van der Waals surface area contributed by atoms with Gasteiger partial charge in [0.15, 0.2) is 6.20 Å². The number of hydrogen-bond acceptors (Lipinski definition) is 0. The number of hydrogen-bond donors (Lipinski definition) is 0. The highest BCUT2D eigenvalue weighted by atomic mass is 15.0. The molecule has 0 unspecified atom stereocenters. The first-order chi connectivity index (χ1) is 13.6. The molecule has 0 radical (unpaired) electrons. The summed E-state index contributed by atoms with van der Waals surface area (Å²) in [5, 5.41) is 6.58. The predicted molar refractivity (Wildman–Crippen MR) is 117 cm³/mol. The zero-order valence-corrected chi connectivity index (χ0v) is 16.3. The van der Waals surface area contributed by atoms with Gasteiger partial charge in [0.1, 0.15) is 12.7 Å². The van der Waals surface area contributed by atoms with E-state index in [9.17, 15) is 0 Å². The van der Waals surface area contributed by atoms with Crippen molar-refractivity contribution in [3.05, 3.63) is 84.1 Å². The van der Waals surface area contributed by atoms with Crippen LogP contribution in [-0.4, -0.2) is 4.40 Å². The molecule has 3 aromatic carbocycles. The van der Waals surface area contributed by atoms with Crippen LogP contribution in [0.25, 0.3) is 49.4 Å². The molecule has 0 fully saturated rings. The maximum absolute atomic E-state index is 2.48. The van der Waals surface area contributed by atoms with Crippen LogP contribution >= 0.6 is 0 Å². The monoisotopic (exact) mass is 361 g/mol. The summed E-state index contributed by atoms with van der Waals surface area (Å²) in [5.74, 6) is 0. The summed E-state index contributed by atoms with van der Waals surface area (Å²) in [4.78, 5) is 0. The average Bonchev–Trinajstić information content (AvgIpc) is 3.19. The lowest BCUT2D eigenvalue weighted by Gasteiger charge is -2.08. The Morgan fingerprint density at radius 3 is 2.43 bits per heavy atom. The Morgan fingerprint density at radius 1 is 0.750 bits per heavy atom. The van der Waals surface area contributed by atoms with Gasteiger partial charge in [-0.25, -0.2) is 0 Å². The fourth-order valence-corrected chi connectivity index (χ4v) is 4.90. The van der Waals surface area contributed by atoms with Crippen LogP contribution < -0.4 is 4.57 Å². The van der Waals surface area contributed by atoms with Gasteiger partial charge in [0.25, 0.3) is 0 Å². The summed E-state index contributed by atoms with van der Waals surface area (Å²) in [5.41, 5.74) is 7.82. The van der Waals surface area contributed by atoms with E-state index in [2.05, 4.69) is 103 Å². The minimum Gasteiger partial charge on any atom is -0.303 e. The number of aryl methyl sites for hydroxylation is 3. The molecule has 0 saturated heterocycles. The summed E-state index contributed by atoms with van der Waals surface area (Å²) in [6.07, 6.45) is 2.18. The lowest BCUT2D eigenvalue weighted by Crippen LogP contribution is -2.31. The first-order valence-corrected chi connectivity index (χ1v) is 9.78. The molecule has 3 aromatic heterocycles. The zero-order chi connectivity index (χ0) is 19.0. The van der Waals surface area contributed by atoms with Gasteiger partial charge in [-0.3, -0.25) is 0 Å². The van der Waals surface area contributed by atoms with Crippen LogP contribution in [0.15, 0.2) is 72.9 Å². The third-order valence-corrected chi connectivity index (χ3v) is 6.20. The van der Waals surface area contributed by atoms with Gasteiger partial charge >= 0.3 is 0 Å². The Balaban J connectivity index is 1.92. The Bertz CT molecular complexity index is 1530. The molecule has 6 aromatic rings. The van der Waals surface area contributed by atoms with E-state index in [0.29, 0.717) is 0 Å². The second-order valence-electron chi connectivity index (χ2n) is 7.89. The summed E-state index contributed by atoms with van der Waals surface area (Å²) in [7, 11) is 2.16. The molecule has 3 heterocycles. The fraction of sp³-hybridized carbons (Fsp3) is 0.115. The van der Waals surface area contributed by atoms with Crippen molar-refractivity contribution in [1.29, 1.82) is 0 Å². The molecule has 0 aliphatic heterocycles. The Labute approximate surface area is 163 Å². The van der Waals surface area contributed by atoms with Crippen molar-refractivity contribution in [1.82, 2.24) is 4.40 Å². The van der Waals surface area contributed by atoms with Gasteiger partial charge in [-0.15, -0.1) is 0 Å². The second kappa shape index (κ2) is 5.32. The molecule has 0 aliphatic carbocycles. The normalized spacial score (nSPS) is 12.1. The maximum atomic E-state index is 2.48. The van der Waals surface area contributed by atoms with Crippen LogP contribution in [0.2, 0.25) is 0 Å². The number of nitrogens with zero attached hydrogens (tertiary/aromatic N) is 2. The van der Waals surface area contributed by atoms with E-state index in [-0.39, 0.29) is 0 Å². The van der Waals surface area contributed by atoms with Crippen molar-refractivity contribution in [3.63, 3.8) is 0 Å². The molecule has 0 saturated carbocycles. The molecule has 0 bridgehead atoms. The number of aromatic nitrogens is 2. The van der Waals surface area contributed by atoms with Gasteiger partial charge in [0.2, 0.25) is 5.69 Å². The highest BCUT2D eigenvalue weighted by molar-refractivity contribution is 6.17. The van der Waals surface area contributed by atoms with Crippen molar-refractivity contribution in [2.45, 2.75) is 13.8 Å². The SMILES string of the molecule is Cc1ccc2cc[n+](C)c(-c3c(C)c4cccc5c6ccccc6n3c45)c2c1. The average molecular weight is 361 g/mol. The third-order valence-electron chi connectivity index (χ3n) is 6.20. The summed E-state index contributed by atoms with van der Waals surface area (Å²) in [6, 6.07) is 24.4. The van der Waals surface area contributed by atoms with Gasteiger partial charge in [-0.2, -0.15) is 4.57 Å². The summed E-state index contributed by atoms with van der Waals surface area (Å²) in [6.45, 7) is 4.44. The minimum absolute atomic E-state index is 1.28. The Morgan fingerprint density at radius 2 is 1.54 bits per heavy atom. The number of pyridine rings is 1. The number of benzene rings is 3. The van der Waals surface area contributed by atoms with Crippen molar-refractivity contribution in [2.24, 2.45) is 7.05 Å². The van der Waals surface area contributed by atoms with E-state index in [1.54, 1.807) is 0 Å². The van der Waals surface area contributed by atoms with Gasteiger partial charge < -0.3 is 4.40 Å². The minimum atomic E-state index is 1.28. The molecule has 0 amide bonds. The molecule has 2 nitrogen and oxygen atoms in total. The van der Waals surface area contributed by atoms with E-state index in [1.807, 2.05) is 0 Å². The van der Waals surface area contributed by atoms with E-state index in [1.165, 1.54) is 60.5 Å². The lowest BCUT2D eigenvalue weighted by atomic mass is 10.0. The van der Waals surface area contributed by atoms with E-state index < -0.39 is 0 Å². The molecule has 134 valence electrons. The van der Waals surface area contributed by atoms with Crippen LogP contribution in [0.4, 0.5) is 0 Å². The molecule has 6 rings (SSSR count). The van der Waals surface area contributed by atoms with E-state index in [0.717, 1.165) is 0 Å². The first-order valence-electron chi connectivity index (χ1n) is 9.78. The first kappa shape index (κ1) is 15.6. The summed E-state index contributed by atoms with van der Waals surface area (Å²) < 4.78 is 4.75. The van der Waals surface area contributed by atoms with Crippen molar-refractivity contribution < 1.29 is 4.57 Å². The quantitative estimate of drug-likeness (QED) is 0.320. The summed E-state index contributed by atoms with van der Waals surface area (Å²) >= 11 is 0. The van der Waals surface area contributed by atoms with Crippen LogP contribution in [0.5, 0.6) is 0 Å². The largest absolute Gasteiger partial charge is 0.303 e. The molecule has 28 heavy (non-hydrogen) atoms. The van der Waals surface area contributed by atoms with Gasteiger partial charge in [0.05, 0.1) is 16.4 Å². The molecular formula is C26H21N2+. The zero-order valence-electron chi connectivity index (χ0n) is 16.3. The predicted octanol–water partition coefficient (Wildman–Crippen LogP) is 5.95. The molecule has 0 aliphatic rings. The number of rotatable bonds is 1. The number of fused-ring (bicyclic) bond motifs is 4. The molecule has 0 spiro atoms. The van der Waals surface area contributed by atoms with E-state index in [4.69, 9.17) is 0 Å².